The summed E-state index contributed by atoms with van der Waals surface area (Å²) in [5.41, 5.74) is 4.88. The number of H-pyrrole nitrogens is 1. The zero-order valence-electron chi connectivity index (χ0n) is 12.9. The van der Waals surface area contributed by atoms with Gasteiger partial charge in [-0.3, -0.25) is 0 Å². The summed E-state index contributed by atoms with van der Waals surface area (Å²) < 4.78 is 4.27. The second-order valence-corrected chi connectivity index (χ2v) is 5.74. The molecule has 1 unspecified atom stereocenters. The topological polar surface area (TPSA) is 38.5 Å². The van der Waals surface area contributed by atoms with Crippen molar-refractivity contribution in [3.05, 3.63) is 96.6 Å². The maximum absolute atomic E-state index is 4.22. The van der Waals surface area contributed by atoms with Gasteiger partial charge >= 0.3 is 0 Å². The minimum Gasteiger partial charge on any atom is -0.366 e. The van der Waals surface area contributed by atoms with Gasteiger partial charge in [0.05, 0.1) is 18.1 Å². The van der Waals surface area contributed by atoms with Crippen LogP contribution < -0.4 is 0 Å². The van der Waals surface area contributed by atoms with Gasteiger partial charge in [0.1, 0.15) is 0 Å². The smallest absolute Gasteiger partial charge is 0.0954 e. The fraction of sp³-hybridized carbons (Fsp3) is 0.105. The molecule has 4 aromatic rings. The molecule has 1 N–H and O–H groups in total. The number of benzene rings is 1. The van der Waals surface area contributed by atoms with Crippen molar-refractivity contribution in [3.8, 4) is 5.69 Å². The number of aromatic nitrogens is 4. The van der Waals surface area contributed by atoms with Gasteiger partial charge in [-0.2, -0.15) is 0 Å². The first-order chi connectivity index (χ1) is 11.3. The lowest BCUT2D eigenvalue weighted by Crippen LogP contribution is -2.10. The summed E-state index contributed by atoms with van der Waals surface area (Å²) in [6.45, 7) is 2.11. The average Bonchev–Trinajstić information content (AvgIpc) is 3.32. The first-order valence-corrected chi connectivity index (χ1v) is 7.66. The molecule has 0 spiro atoms. The summed E-state index contributed by atoms with van der Waals surface area (Å²) in [7, 11) is 0. The Hall–Kier alpha value is -3.01. The minimum absolute atomic E-state index is 0.123. The number of nitrogens with zero attached hydrogens (tertiary/aromatic N) is 3. The van der Waals surface area contributed by atoms with Crippen molar-refractivity contribution in [1.82, 2.24) is 19.1 Å². The van der Waals surface area contributed by atoms with Gasteiger partial charge in [-0.1, -0.05) is 29.8 Å². The van der Waals surface area contributed by atoms with E-state index in [4.69, 9.17) is 0 Å². The summed E-state index contributed by atoms with van der Waals surface area (Å²) in [5.74, 6) is 0. The zero-order valence-corrected chi connectivity index (χ0v) is 12.9. The Balaban J connectivity index is 1.78. The zero-order chi connectivity index (χ0) is 15.6. The van der Waals surface area contributed by atoms with E-state index in [0.717, 1.165) is 5.69 Å². The molecule has 4 heteroatoms. The van der Waals surface area contributed by atoms with Crippen LogP contribution >= 0.6 is 0 Å². The molecule has 0 radical (unpaired) electrons. The van der Waals surface area contributed by atoms with E-state index in [1.54, 1.807) is 0 Å². The Morgan fingerprint density at radius 3 is 2.57 bits per heavy atom. The predicted octanol–water partition coefficient (Wildman–Crippen LogP) is 3.95. The van der Waals surface area contributed by atoms with Crippen LogP contribution in [0, 0.1) is 6.92 Å². The van der Waals surface area contributed by atoms with Crippen molar-refractivity contribution in [2.45, 2.75) is 13.0 Å². The Bertz CT molecular complexity index is 868. The fourth-order valence-electron chi connectivity index (χ4n) is 2.92. The Labute approximate surface area is 135 Å². The molecule has 1 atom stereocenters. The van der Waals surface area contributed by atoms with Crippen LogP contribution in [0.2, 0.25) is 0 Å². The van der Waals surface area contributed by atoms with Gasteiger partial charge in [-0.15, -0.1) is 0 Å². The van der Waals surface area contributed by atoms with E-state index in [9.17, 15) is 0 Å². The molecule has 0 saturated carbocycles. The van der Waals surface area contributed by atoms with Gasteiger partial charge in [0.2, 0.25) is 0 Å². The molecule has 3 heterocycles. The molecule has 0 aliphatic carbocycles. The highest BCUT2D eigenvalue weighted by molar-refractivity contribution is 5.37. The van der Waals surface area contributed by atoms with Gasteiger partial charge in [0.25, 0.3) is 0 Å². The highest BCUT2D eigenvalue weighted by atomic mass is 15.1. The summed E-state index contributed by atoms with van der Waals surface area (Å²) in [6.07, 6.45) is 13.9. The number of rotatable bonds is 4. The number of aromatic amines is 1. The van der Waals surface area contributed by atoms with Gasteiger partial charge in [0.15, 0.2) is 0 Å². The Morgan fingerprint density at radius 2 is 1.87 bits per heavy atom. The standard InChI is InChI=1S/C19H18N4/c1-15-2-4-16(5-3-15)19(23-11-9-21-14-23)17-7-10-22(13-17)18-6-8-20-12-18/h2-14,19-20H,1H3. The average molecular weight is 302 g/mol. The summed E-state index contributed by atoms with van der Waals surface area (Å²) in [5, 5.41) is 0. The molecule has 0 saturated heterocycles. The largest absolute Gasteiger partial charge is 0.366 e. The lowest BCUT2D eigenvalue weighted by molar-refractivity contribution is 0.676. The summed E-state index contributed by atoms with van der Waals surface area (Å²) in [6, 6.07) is 13.0. The number of hydrogen-bond acceptors (Lipinski definition) is 1. The van der Waals surface area contributed by atoms with Crippen LogP contribution in [0.5, 0.6) is 0 Å². The molecule has 3 aromatic heterocycles. The minimum atomic E-state index is 0.123. The van der Waals surface area contributed by atoms with E-state index in [2.05, 4.69) is 74.8 Å². The van der Waals surface area contributed by atoms with Crippen LogP contribution in [0.3, 0.4) is 0 Å². The van der Waals surface area contributed by atoms with Gasteiger partial charge < -0.3 is 14.1 Å². The predicted molar refractivity (Wildman–Crippen MR) is 90.8 cm³/mol. The highest BCUT2D eigenvalue weighted by Gasteiger charge is 2.17. The monoisotopic (exact) mass is 302 g/mol. The molecule has 0 bridgehead atoms. The molecule has 1 aromatic carbocycles. The molecule has 114 valence electrons. The van der Waals surface area contributed by atoms with E-state index in [0.29, 0.717) is 0 Å². The SMILES string of the molecule is Cc1ccc(C(c2ccn(-c3cc[nH]c3)c2)n2ccnc2)cc1. The Kier molecular flexibility index (Phi) is 3.35. The van der Waals surface area contributed by atoms with Gasteiger partial charge in [0, 0.05) is 37.2 Å². The van der Waals surface area contributed by atoms with Crippen LogP contribution in [0.25, 0.3) is 5.69 Å². The number of hydrogen-bond donors (Lipinski definition) is 1. The molecule has 4 rings (SSSR count). The van der Waals surface area contributed by atoms with E-state index in [1.165, 1.54) is 16.7 Å². The molecule has 0 aliphatic heterocycles. The fourth-order valence-corrected chi connectivity index (χ4v) is 2.92. The molecular formula is C19H18N4. The maximum atomic E-state index is 4.22. The normalized spacial score (nSPS) is 12.4. The first kappa shape index (κ1) is 13.6. The summed E-state index contributed by atoms with van der Waals surface area (Å²) >= 11 is 0. The molecular weight excluding hydrogens is 284 g/mol. The van der Waals surface area contributed by atoms with Crippen molar-refractivity contribution in [1.29, 1.82) is 0 Å². The quantitative estimate of drug-likeness (QED) is 0.609. The molecule has 0 amide bonds. The lowest BCUT2D eigenvalue weighted by atomic mass is 10.00. The number of aryl methyl sites for hydroxylation is 1. The van der Waals surface area contributed by atoms with Crippen molar-refractivity contribution >= 4 is 0 Å². The number of imidazole rings is 1. The van der Waals surface area contributed by atoms with E-state index < -0.39 is 0 Å². The second kappa shape index (κ2) is 5.65. The van der Waals surface area contributed by atoms with Crippen LogP contribution in [0.1, 0.15) is 22.7 Å². The van der Waals surface area contributed by atoms with Crippen molar-refractivity contribution < 1.29 is 0 Å². The second-order valence-electron chi connectivity index (χ2n) is 5.74. The molecule has 0 aliphatic rings. The van der Waals surface area contributed by atoms with Gasteiger partial charge in [-0.05, 0) is 30.2 Å². The number of nitrogens with one attached hydrogen (secondary N) is 1. The van der Waals surface area contributed by atoms with Crippen molar-refractivity contribution in [2.24, 2.45) is 0 Å². The van der Waals surface area contributed by atoms with E-state index in [1.807, 2.05) is 31.1 Å². The van der Waals surface area contributed by atoms with Crippen molar-refractivity contribution in [3.63, 3.8) is 0 Å². The van der Waals surface area contributed by atoms with Crippen molar-refractivity contribution in [2.75, 3.05) is 0 Å². The third-order valence-electron chi connectivity index (χ3n) is 4.13. The molecule has 23 heavy (non-hydrogen) atoms. The highest BCUT2D eigenvalue weighted by Crippen LogP contribution is 2.28. The molecule has 4 nitrogen and oxygen atoms in total. The Morgan fingerprint density at radius 1 is 1.00 bits per heavy atom. The van der Waals surface area contributed by atoms with Crippen LogP contribution in [0.4, 0.5) is 0 Å². The van der Waals surface area contributed by atoms with Crippen LogP contribution in [-0.2, 0) is 0 Å². The van der Waals surface area contributed by atoms with E-state index >= 15 is 0 Å². The maximum Gasteiger partial charge on any atom is 0.0954 e. The molecule has 0 fully saturated rings. The van der Waals surface area contributed by atoms with Crippen LogP contribution in [0.15, 0.2) is 79.9 Å². The third-order valence-corrected chi connectivity index (χ3v) is 4.13. The lowest BCUT2D eigenvalue weighted by Gasteiger charge is -2.18. The third kappa shape index (κ3) is 2.59. The first-order valence-electron chi connectivity index (χ1n) is 7.66. The van der Waals surface area contributed by atoms with E-state index in [-0.39, 0.29) is 6.04 Å². The summed E-state index contributed by atoms with van der Waals surface area (Å²) in [4.78, 5) is 7.32. The van der Waals surface area contributed by atoms with Crippen LogP contribution in [-0.4, -0.2) is 19.1 Å². The van der Waals surface area contributed by atoms with Gasteiger partial charge in [-0.25, -0.2) is 4.98 Å².